The van der Waals surface area contributed by atoms with Crippen molar-refractivity contribution in [2.45, 2.75) is 32.3 Å². The minimum Gasteiger partial charge on any atom is -0.488 e. The summed E-state index contributed by atoms with van der Waals surface area (Å²) in [5.41, 5.74) is 1.25. The molecule has 1 aliphatic heterocycles. The SMILES string of the molecule is CCNC(=NCC1Cc2ccccc2O1)NCCNC(=O)C1CC1. The lowest BCUT2D eigenvalue weighted by atomic mass is 10.1. The Morgan fingerprint density at radius 2 is 2.00 bits per heavy atom. The zero-order valence-corrected chi connectivity index (χ0v) is 14.2. The number of fused-ring (bicyclic) bond motifs is 1. The first-order valence-electron chi connectivity index (χ1n) is 8.80. The summed E-state index contributed by atoms with van der Waals surface area (Å²) in [6.07, 6.45) is 3.06. The minimum atomic E-state index is 0.0902. The zero-order chi connectivity index (χ0) is 16.8. The summed E-state index contributed by atoms with van der Waals surface area (Å²) in [5, 5.41) is 9.41. The Hall–Kier alpha value is -2.24. The van der Waals surface area contributed by atoms with Crippen molar-refractivity contribution in [3.8, 4) is 5.75 Å². The lowest BCUT2D eigenvalue weighted by molar-refractivity contribution is -0.122. The maximum Gasteiger partial charge on any atom is 0.223 e. The normalized spacial score (nSPS) is 19.4. The van der Waals surface area contributed by atoms with Crippen LogP contribution in [-0.4, -0.2) is 44.1 Å². The molecule has 1 fully saturated rings. The van der Waals surface area contributed by atoms with Crippen LogP contribution in [0.15, 0.2) is 29.3 Å². The number of guanidine groups is 1. The standard InChI is InChI=1S/C18H26N4O2/c1-2-19-18(21-10-9-20-17(23)13-7-8-13)22-12-15-11-14-5-3-4-6-16(14)24-15/h3-6,13,15H,2,7-12H2,1H3,(H,20,23)(H2,19,21,22). The van der Waals surface area contributed by atoms with Gasteiger partial charge in [0.1, 0.15) is 11.9 Å². The van der Waals surface area contributed by atoms with E-state index in [0.717, 1.165) is 37.5 Å². The molecule has 0 aromatic heterocycles. The molecule has 1 aromatic carbocycles. The first-order valence-corrected chi connectivity index (χ1v) is 8.80. The number of amides is 1. The average Bonchev–Trinajstić information content (AvgIpc) is 3.35. The zero-order valence-electron chi connectivity index (χ0n) is 14.2. The molecule has 3 rings (SSSR count). The first kappa shape index (κ1) is 16.6. The highest BCUT2D eigenvalue weighted by Gasteiger charge is 2.29. The summed E-state index contributed by atoms with van der Waals surface area (Å²) in [5.74, 6) is 2.17. The van der Waals surface area contributed by atoms with E-state index >= 15 is 0 Å². The third kappa shape index (κ3) is 4.63. The summed E-state index contributed by atoms with van der Waals surface area (Å²) in [6, 6.07) is 8.14. The number of hydrogen-bond donors (Lipinski definition) is 3. The average molecular weight is 330 g/mol. The Bertz CT molecular complexity index is 573. The van der Waals surface area contributed by atoms with Crippen LogP contribution < -0.4 is 20.7 Å². The molecule has 0 radical (unpaired) electrons. The number of ether oxygens (including phenoxy) is 1. The van der Waals surface area contributed by atoms with Gasteiger partial charge in [-0.3, -0.25) is 4.79 Å². The van der Waals surface area contributed by atoms with Crippen LogP contribution in [0.1, 0.15) is 25.3 Å². The molecule has 0 bridgehead atoms. The molecule has 1 aliphatic carbocycles. The molecule has 0 spiro atoms. The lowest BCUT2D eigenvalue weighted by Gasteiger charge is -2.13. The van der Waals surface area contributed by atoms with E-state index in [2.05, 4.69) is 27.0 Å². The van der Waals surface area contributed by atoms with E-state index in [-0.39, 0.29) is 17.9 Å². The van der Waals surface area contributed by atoms with Gasteiger partial charge in [0.2, 0.25) is 5.91 Å². The number of carbonyl (C=O) groups is 1. The Labute approximate surface area is 143 Å². The molecular formula is C18H26N4O2. The fraction of sp³-hybridized carbons (Fsp3) is 0.556. The van der Waals surface area contributed by atoms with E-state index < -0.39 is 0 Å². The van der Waals surface area contributed by atoms with Crippen LogP contribution in [0.5, 0.6) is 5.75 Å². The quantitative estimate of drug-likeness (QED) is 0.397. The molecule has 130 valence electrons. The number of carbonyl (C=O) groups excluding carboxylic acids is 1. The largest absolute Gasteiger partial charge is 0.488 e. The highest BCUT2D eigenvalue weighted by molar-refractivity contribution is 5.81. The fourth-order valence-electron chi connectivity index (χ4n) is 2.75. The van der Waals surface area contributed by atoms with Crippen LogP contribution in [0.4, 0.5) is 0 Å². The summed E-state index contributed by atoms with van der Waals surface area (Å²) < 4.78 is 5.91. The number of nitrogens with one attached hydrogen (secondary N) is 3. The topological polar surface area (TPSA) is 74.8 Å². The van der Waals surface area contributed by atoms with Gasteiger partial charge in [-0.15, -0.1) is 0 Å². The first-order chi connectivity index (χ1) is 11.8. The van der Waals surface area contributed by atoms with Gasteiger partial charge in [-0.25, -0.2) is 4.99 Å². The highest BCUT2D eigenvalue weighted by Crippen LogP contribution is 2.29. The molecule has 6 nitrogen and oxygen atoms in total. The molecule has 2 aliphatic rings. The van der Waals surface area contributed by atoms with Crippen molar-refractivity contribution in [1.82, 2.24) is 16.0 Å². The molecule has 1 aromatic rings. The second kappa shape index (κ2) is 8.04. The molecule has 1 unspecified atom stereocenters. The smallest absolute Gasteiger partial charge is 0.223 e. The number of aliphatic imine (C=N–C) groups is 1. The van der Waals surface area contributed by atoms with Crippen molar-refractivity contribution >= 4 is 11.9 Å². The molecule has 0 saturated heterocycles. The van der Waals surface area contributed by atoms with Crippen molar-refractivity contribution in [3.05, 3.63) is 29.8 Å². The maximum atomic E-state index is 11.6. The van der Waals surface area contributed by atoms with Crippen molar-refractivity contribution in [3.63, 3.8) is 0 Å². The molecule has 1 atom stereocenters. The second-order valence-corrected chi connectivity index (χ2v) is 6.26. The molecular weight excluding hydrogens is 304 g/mol. The Morgan fingerprint density at radius 3 is 2.75 bits per heavy atom. The van der Waals surface area contributed by atoms with Gasteiger partial charge in [0.25, 0.3) is 0 Å². The van der Waals surface area contributed by atoms with Gasteiger partial charge in [0, 0.05) is 32.0 Å². The number of hydrogen-bond acceptors (Lipinski definition) is 3. The van der Waals surface area contributed by atoms with E-state index in [9.17, 15) is 4.79 Å². The van der Waals surface area contributed by atoms with E-state index in [0.29, 0.717) is 19.6 Å². The molecule has 6 heteroatoms. The van der Waals surface area contributed by atoms with E-state index in [1.807, 2.05) is 25.1 Å². The van der Waals surface area contributed by atoms with Gasteiger partial charge in [0.05, 0.1) is 6.54 Å². The fourth-order valence-corrected chi connectivity index (χ4v) is 2.75. The monoisotopic (exact) mass is 330 g/mol. The van der Waals surface area contributed by atoms with Crippen LogP contribution in [0.25, 0.3) is 0 Å². The lowest BCUT2D eigenvalue weighted by Crippen LogP contribution is -2.42. The van der Waals surface area contributed by atoms with E-state index in [4.69, 9.17) is 4.74 Å². The number of benzene rings is 1. The van der Waals surface area contributed by atoms with Crippen molar-refractivity contribution in [2.24, 2.45) is 10.9 Å². The number of nitrogens with zero attached hydrogens (tertiary/aromatic N) is 1. The Morgan fingerprint density at radius 1 is 1.21 bits per heavy atom. The van der Waals surface area contributed by atoms with Gasteiger partial charge in [-0.1, -0.05) is 18.2 Å². The van der Waals surface area contributed by atoms with Crippen molar-refractivity contribution in [1.29, 1.82) is 0 Å². The van der Waals surface area contributed by atoms with Gasteiger partial charge < -0.3 is 20.7 Å². The molecule has 24 heavy (non-hydrogen) atoms. The van der Waals surface area contributed by atoms with Gasteiger partial charge in [-0.2, -0.15) is 0 Å². The van der Waals surface area contributed by atoms with Crippen LogP contribution in [0, 0.1) is 5.92 Å². The molecule has 3 N–H and O–H groups in total. The highest BCUT2D eigenvalue weighted by atomic mass is 16.5. The van der Waals surface area contributed by atoms with Crippen molar-refractivity contribution < 1.29 is 9.53 Å². The summed E-state index contributed by atoms with van der Waals surface area (Å²) >= 11 is 0. The summed E-state index contributed by atoms with van der Waals surface area (Å²) in [4.78, 5) is 16.2. The van der Waals surface area contributed by atoms with Gasteiger partial charge in [-0.05, 0) is 31.4 Å². The number of rotatable bonds is 7. The predicted molar refractivity (Wildman–Crippen MR) is 94.3 cm³/mol. The van der Waals surface area contributed by atoms with Gasteiger partial charge >= 0.3 is 0 Å². The summed E-state index contributed by atoms with van der Waals surface area (Å²) in [6.45, 7) is 4.72. The Kier molecular flexibility index (Phi) is 5.56. The second-order valence-electron chi connectivity index (χ2n) is 6.26. The van der Waals surface area contributed by atoms with Crippen LogP contribution in [0.3, 0.4) is 0 Å². The molecule has 1 amide bonds. The maximum absolute atomic E-state index is 11.6. The third-order valence-corrected chi connectivity index (χ3v) is 4.18. The number of para-hydroxylation sites is 1. The van der Waals surface area contributed by atoms with Gasteiger partial charge in [0.15, 0.2) is 5.96 Å². The van der Waals surface area contributed by atoms with Crippen LogP contribution >= 0.6 is 0 Å². The molecule has 1 heterocycles. The van der Waals surface area contributed by atoms with Crippen LogP contribution in [-0.2, 0) is 11.2 Å². The Balaban J connectivity index is 1.41. The molecule has 1 saturated carbocycles. The minimum absolute atomic E-state index is 0.0902. The third-order valence-electron chi connectivity index (χ3n) is 4.18. The van der Waals surface area contributed by atoms with E-state index in [1.54, 1.807) is 0 Å². The van der Waals surface area contributed by atoms with E-state index in [1.165, 1.54) is 5.56 Å². The summed E-state index contributed by atoms with van der Waals surface area (Å²) in [7, 11) is 0. The predicted octanol–water partition coefficient (Wildman–Crippen LogP) is 1.07. The van der Waals surface area contributed by atoms with Crippen molar-refractivity contribution in [2.75, 3.05) is 26.2 Å². The van der Waals surface area contributed by atoms with Crippen LogP contribution in [0.2, 0.25) is 0 Å².